The first-order valence-electron chi connectivity index (χ1n) is 8.82. The summed E-state index contributed by atoms with van der Waals surface area (Å²) in [5.41, 5.74) is 2.05. The van der Waals surface area contributed by atoms with Gasteiger partial charge in [-0.25, -0.2) is 4.79 Å². The second-order valence-electron chi connectivity index (χ2n) is 6.72. The van der Waals surface area contributed by atoms with Crippen molar-refractivity contribution < 1.29 is 19.4 Å². The molecule has 1 aliphatic heterocycles. The maximum absolute atomic E-state index is 12.5. The standard InChI is InChI=1S/C19H28N2O4/c1-5-15(4)20-9-8-18(23)21(19(20)24)11-16(22)12-25-17-10-13(2)6-7-14(17)3/h6-7,10,15-16,22H,5,8-9,11-12H2,1-4H3/t15-,16+/m0/s1. The van der Waals surface area contributed by atoms with E-state index in [-0.39, 0.29) is 31.1 Å². The van der Waals surface area contributed by atoms with Gasteiger partial charge in [-0.2, -0.15) is 0 Å². The number of hydrogen-bond acceptors (Lipinski definition) is 4. The molecule has 6 nitrogen and oxygen atoms in total. The predicted molar refractivity (Wildman–Crippen MR) is 95.6 cm³/mol. The second-order valence-corrected chi connectivity index (χ2v) is 6.72. The van der Waals surface area contributed by atoms with E-state index < -0.39 is 6.10 Å². The summed E-state index contributed by atoms with van der Waals surface area (Å²) in [7, 11) is 0. The van der Waals surface area contributed by atoms with E-state index in [1.807, 2.05) is 45.9 Å². The van der Waals surface area contributed by atoms with Gasteiger partial charge in [0.15, 0.2) is 0 Å². The van der Waals surface area contributed by atoms with Gasteiger partial charge >= 0.3 is 6.03 Å². The Morgan fingerprint density at radius 1 is 1.28 bits per heavy atom. The summed E-state index contributed by atoms with van der Waals surface area (Å²) in [6.07, 6.45) is 0.192. The van der Waals surface area contributed by atoms with Gasteiger partial charge in [-0.3, -0.25) is 9.69 Å². The van der Waals surface area contributed by atoms with Crippen molar-refractivity contribution in [3.63, 3.8) is 0 Å². The number of imide groups is 1. The third kappa shape index (κ3) is 4.72. The highest BCUT2D eigenvalue weighted by Crippen LogP contribution is 2.20. The lowest BCUT2D eigenvalue weighted by Crippen LogP contribution is -2.56. The fraction of sp³-hybridized carbons (Fsp3) is 0.579. The molecule has 6 heteroatoms. The molecular weight excluding hydrogens is 320 g/mol. The van der Waals surface area contributed by atoms with Crippen molar-refractivity contribution in [1.82, 2.24) is 9.80 Å². The number of amides is 3. The fourth-order valence-electron chi connectivity index (χ4n) is 2.83. The molecule has 0 saturated carbocycles. The molecule has 1 aromatic rings. The molecule has 0 spiro atoms. The number of benzene rings is 1. The smallest absolute Gasteiger partial charge is 0.327 e. The number of aryl methyl sites for hydroxylation is 2. The quantitative estimate of drug-likeness (QED) is 0.822. The number of rotatable bonds is 7. The highest BCUT2D eigenvalue weighted by molar-refractivity contribution is 5.97. The van der Waals surface area contributed by atoms with Crippen LogP contribution in [0.3, 0.4) is 0 Å². The van der Waals surface area contributed by atoms with Crippen LogP contribution < -0.4 is 4.74 Å². The molecule has 1 N–H and O–H groups in total. The zero-order valence-electron chi connectivity index (χ0n) is 15.5. The molecule has 1 heterocycles. The van der Waals surface area contributed by atoms with Crippen molar-refractivity contribution in [2.45, 2.75) is 52.7 Å². The highest BCUT2D eigenvalue weighted by Gasteiger charge is 2.35. The number of nitrogens with zero attached hydrogens (tertiary/aromatic N) is 2. The van der Waals surface area contributed by atoms with Crippen molar-refractivity contribution >= 4 is 11.9 Å². The molecule has 25 heavy (non-hydrogen) atoms. The molecule has 1 aliphatic rings. The first-order valence-corrected chi connectivity index (χ1v) is 8.82. The van der Waals surface area contributed by atoms with E-state index >= 15 is 0 Å². The van der Waals surface area contributed by atoms with E-state index in [0.29, 0.717) is 18.7 Å². The number of hydrogen-bond donors (Lipinski definition) is 1. The Morgan fingerprint density at radius 2 is 2.00 bits per heavy atom. The minimum absolute atomic E-state index is 0.0324. The molecule has 1 aromatic carbocycles. The summed E-state index contributed by atoms with van der Waals surface area (Å²) >= 11 is 0. The first kappa shape index (κ1) is 19.2. The zero-order valence-corrected chi connectivity index (χ0v) is 15.5. The molecule has 3 amide bonds. The Balaban J connectivity index is 1.96. The molecule has 1 saturated heterocycles. The third-order valence-corrected chi connectivity index (χ3v) is 4.64. The Kier molecular flexibility index (Phi) is 6.42. The van der Waals surface area contributed by atoms with Crippen LogP contribution in [0.1, 0.15) is 37.8 Å². The van der Waals surface area contributed by atoms with Crippen LogP contribution in [0.4, 0.5) is 4.79 Å². The summed E-state index contributed by atoms with van der Waals surface area (Å²) in [4.78, 5) is 27.5. The van der Waals surface area contributed by atoms with E-state index in [2.05, 4.69) is 0 Å². The molecule has 138 valence electrons. The second kappa shape index (κ2) is 8.34. The van der Waals surface area contributed by atoms with Gasteiger partial charge in [0.25, 0.3) is 0 Å². The molecule has 1 fully saturated rings. The van der Waals surface area contributed by atoms with E-state index in [0.717, 1.165) is 22.4 Å². The topological polar surface area (TPSA) is 70.1 Å². The summed E-state index contributed by atoms with van der Waals surface area (Å²) in [6, 6.07) is 5.61. The van der Waals surface area contributed by atoms with Crippen LogP contribution in [0.25, 0.3) is 0 Å². The van der Waals surface area contributed by atoms with Crippen LogP contribution in [0.15, 0.2) is 18.2 Å². The molecule has 0 radical (unpaired) electrons. The average Bonchev–Trinajstić information content (AvgIpc) is 2.58. The number of β-amino-alcohol motifs (C(OH)–C–C–N with tert-alkyl or cyclic N) is 1. The molecular formula is C19H28N2O4. The molecule has 0 aromatic heterocycles. The lowest BCUT2D eigenvalue weighted by atomic mass is 10.1. The van der Waals surface area contributed by atoms with Gasteiger partial charge < -0.3 is 14.7 Å². The summed E-state index contributed by atoms with van der Waals surface area (Å²) < 4.78 is 5.67. The first-order chi connectivity index (χ1) is 11.8. The Hall–Kier alpha value is -2.08. The zero-order chi connectivity index (χ0) is 18.6. The van der Waals surface area contributed by atoms with Gasteiger partial charge in [-0.05, 0) is 44.4 Å². The Labute approximate surface area is 149 Å². The lowest BCUT2D eigenvalue weighted by molar-refractivity contribution is -0.132. The van der Waals surface area contributed by atoms with Crippen molar-refractivity contribution in [3.8, 4) is 5.75 Å². The average molecular weight is 348 g/mol. The van der Waals surface area contributed by atoms with Crippen molar-refractivity contribution in [2.24, 2.45) is 0 Å². The van der Waals surface area contributed by atoms with Gasteiger partial charge in [-0.15, -0.1) is 0 Å². The van der Waals surface area contributed by atoms with Gasteiger partial charge in [-0.1, -0.05) is 19.1 Å². The fourth-order valence-corrected chi connectivity index (χ4v) is 2.83. The van der Waals surface area contributed by atoms with Gasteiger partial charge in [0.2, 0.25) is 5.91 Å². The van der Waals surface area contributed by atoms with Crippen molar-refractivity contribution in [1.29, 1.82) is 0 Å². The van der Waals surface area contributed by atoms with Crippen LogP contribution in [-0.4, -0.2) is 58.7 Å². The SMILES string of the molecule is CC[C@H](C)N1CCC(=O)N(C[C@@H](O)COc2cc(C)ccc2C)C1=O. The van der Waals surface area contributed by atoms with Gasteiger partial charge in [0.1, 0.15) is 18.5 Å². The largest absolute Gasteiger partial charge is 0.491 e. The molecule has 0 bridgehead atoms. The highest BCUT2D eigenvalue weighted by atomic mass is 16.5. The van der Waals surface area contributed by atoms with E-state index in [1.165, 1.54) is 0 Å². The van der Waals surface area contributed by atoms with Crippen LogP contribution >= 0.6 is 0 Å². The number of urea groups is 1. The molecule has 0 aliphatic carbocycles. The number of aliphatic hydroxyl groups is 1. The molecule has 2 rings (SSSR count). The van der Waals surface area contributed by atoms with Crippen molar-refractivity contribution in [3.05, 3.63) is 29.3 Å². The Bertz CT molecular complexity index is 632. The summed E-state index contributed by atoms with van der Waals surface area (Å²) in [6.45, 7) is 8.30. The minimum Gasteiger partial charge on any atom is -0.491 e. The maximum atomic E-state index is 12.5. The van der Waals surface area contributed by atoms with Gasteiger partial charge in [0, 0.05) is 19.0 Å². The normalized spacial score (nSPS) is 17.6. The third-order valence-electron chi connectivity index (χ3n) is 4.64. The number of aliphatic hydroxyl groups excluding tert-OH is 1. The summed E-state index contributed by atoms with van der Waals surface area (Å²) in [5, 5.41) is 10.3. The minimum atomic E-state index is -0.926. The van der Waals surface area contributed by atoms with E-state index in [4.69, 9.17) is 4.74 Å². The predicted octanol–water partition coefficient (Wildman–Crippen LogP) is 2.50. The van der Waals surface area contributed by atoms with Crippen LogP contribution in [0, 0.1) is 13.8 Å². The maximum Gasteiger partial charge on any atom is 0.327 e. The van der Waals surface area contributed by atoms with Gasteiger partial charge in [0.05, 0.1) is 6.54 Å². The number of ether oxygens (including phenoxy) is 1. The molecule has 2 atom stereocenters. The van der Waals surface area contributed by atoms with Crippen molar-refractivity contribution in [2.75, 3.05) is 19.7 Å². The number of carbonyl (C=O) groups excluding carboxylic acids is 2. The van der Waals surface area contributed by atoms with Crippen LogP contribution in [0.5, 0.6) is 5.75 Å². The lowest BCUT2D eigenvalue weighted by Gasteiger charge is -2.38. The number of carbonyl (C=O) groups is 2. The molecule has 0 unspecified atom stereocenters. The Morgan fingerprint density at radius 3 is 2.68 bits per heavy atom. The van der Waals surface area contributed by atoms with E-state index in [9.17, 15) is 14.7 Å². The van der Waals surface area contributed by atoms with Crippen LogP contribution in [-0.2, 0) is 4.79 Å². The van der Waals surface area contributed by atoms with E-state index in [1.54, 1.807) is 4.90 Å². The monoisotopic (exact) mass is 348 g/mol. The van der Waals surface area contributed by atoms with Crippen LogP contribution in [0.2, 0.25) is 0 Å². The summed E-state index contributed by atoms with van der Waals surface area (Å²) in [5.74, 6) is 0.465.